The Balaban J connectivity index is 1.47. The van der Waals surface area contributed by atoms with Crippen LogP contribution < -0.4 is 26.2 Å². The average molecular weight is 585 g/mol. The van der Waals surface area contributed by atoms with E-state index >= 15 is 0 Å². The van der Waals surface area contributed by atoms with E-state index in [1.54, 1.807) is 12.1 Å². The molecule has 3 rings (SSSR count). The van der Waals surface area contributed by atoms with E-state index in [-0.39, 0.29) is 18.0 Å². The van der Waals surface area contributed by atoms with Crippen LogP contribution in [0.25, 0.3) is 0 Å². The number of carbonyl (C=O) groups excluding carboxylic acids is 2. The lowest BCUT2D eigenvalue weighted by Crippen LogP contribution is -2.37. The molecule has 0 spiro atoms. The smallest absolute Gasteiger partial charge is 0.319 e. The fourth-order valence-electron chi connectivity index (χ4n) is 4.31. The Morgan fingerprint density at radius 1 is 0.925 bits per heavy atom. The minimum absolute atomic E-state index is 0.00990. The van der Waals surface area contributed by atoms with Gasteiger partial charge in [0.15, 0.2) is 0 Å². The summed E-state index contributed by atoms with van der Waals surface area (Å²) in [7, 11) is 1.86. The van der Waals surface area contributed by atoms with E-state index in [1.807, 2.05) is 56.4 Å². The molecular formula is C31H39Cl2N5O2. The lowest BCUT2D eigenvalue weighted by molar-refractivity contribution is -0.116. The van der Waals surface area contributed by atoms with Crippen LogP contribution in [0.15, 0.2) is 66.7 Å². The van der Waals surface area contributed by atoms with Gasteiger partial charge < -0.3 is 26.2 Å². The Kier molecular flexibility index (Phi) is 12.6. The summed E-state index contributed by atoms with van der Waals surface area (Å²) in [6.45, 7) is 5.99. The summed E-state index contributed by atoms with van der Waals surface area (Å²) in [6.07, 6.45) is 3.11. The summed E-state index contributed by atoms with van der Waals surface area (Å²) < 4.78 is 0. The Hall–Kier alpha value is -3.26. The molecule has 0 bridgehead atoms. The van der Waals surface area contributed by atoms with Crippen LogP contribution in [0.1, 0.15) is 50.3 Å². The van der Waals surface area contributed by atoms with Crippen LogP contribution in [0.3, 0.4) is 0 Å². The van der Waals surface area contributed by atoms with Crippen molar-refractivity contribution in [3.63, 3.8) is 0 Å². The first kappa shape index (κ1) is 31.3. The van der Waals surface area contributed by atoms with Gasteiger partial charge in [-0.2, -0.15) is 0 Å². The molecule has 0 aliphatic heterocycles. The summed E-state index contributed by atoms with van der Waals surface area (Å²) in [5.41, 5.74) is 4.35. The van der Waals surface area contributed by atoms with Crippen molar-refractivity contribution in [3.8, 4) is 0 Å². The number of hydrogen-bond donors (Lipinski definition) is 4. The second-order valence-electron chi connectivity index (χ2n) is 9.67. The van der Waals surface area contributed by atoms with Gasteiger partial charge in [-0.15, -0.1) is 0 Å². The van der Waals surface area contributed by atoms with Crippen molar-refractivity contribution in [2.24, 2.45) is 0 Å². The highest BCUT2D eigenvalue weighted by atomic mass is 35.5. The van der Waals surface area contributed by atoms with Gasteiger partial charge in [-0.25, -0.2) is 4.79 Å². The van der Waals surface area contributed by atoms with Crippen LogP contribution in [-0.2, 0) is 11.2 Å². The van der Waals surface area contributed by atoms with Gasteiger partial charge in [-0.3, -0.25) is 4.79 Å². The van der Waals surface area contributed by atoms with E-state index in [2.05, 4.69) is 45.2 Å². The number of amides is 3. The summed E-state index contributed by atoms with van der Waals surface area (Å²) in [4.78, 5) is 27.1. The SMILES string of the molecule is CCCN(CCNC(=O)Nc1c(Cl)cc(C(C)NC)cc1Cl)c1ccc(NC(=O)CCCc2ccccc2)cc1. The number of benzene rings is 3. The third kappa shape index (κ3) is 9.73. The zero-order chi connectivity index (χ0) is 28.9. The van der Waals surface area contributed by atoms with Crippen molar-refractivity contribution in [1.82, 2.24) is 10.6 Å². The predicted molar refractivity (Wildman–Crippen MR) is 168 cm³/mol. The number of nitrogens with zero attached hydrogens (tertiary/aromatic N) is 1. The second-order valence-corrected chi connectivity index (χ2v) is 10.5. The van der Waals surface area contributed by atoms with E-state index in [4.69, 9.17) is 23.2 Å². The number of aryl methyl sites for hydroxylation is 1. The summed E-state index contributed by atoms with van der Waals surface area (Å²) in [6, 6.07) is 21.3. The van der Waals surface area contributed by atoms with Crippen molar-refractivity contribution in [2.45, 2.75) is 45.6 Å². The Morgan fingerprint density at radius 3 is 2.23 bits per heavy atom. The molecule has 7 nitrogen and oxygen atoms in total. The third-order valence-electron chi connectivity index (χ3n) is 6.63. The fraction of sp³-hybridized carbons (Fsp3) is 0.355. The first-order valence-corrected chi connectivity index (χ1v) is 14.5. The molecule has 4 N–H and O–H groups in total. The maximum Gasteiger partial charge on any atom is 0.319 e. The minimum Gasteiger partial charge on any atom is -0.370 e. The molecule has 0 saturated carbocycles. The zero-order valence-electron chi connectivity index (χ0n) is 23.4. The van der Waals surface area contributed by atoms with Gasteiger partial charge in [0, 0.05) is 43.5 Å². The Labute approximate surface area is 247 Å². The van der Waals surface area contributed by atoms with Crippen LogP contribution in [0.5, 0.6) is 0 Å². The molecule has 0 aliphatic carbocycles. The molecule has 3 aromatic rings. The number of rotatable bonds is 14. The molecule has 214 valence electrons. The summed E-state index contributed by atoms with van der Waals surface area (Å²) >= 11 is 12.8. The van der Waals surface area contributed by atoms with Crippen molar-refractivity contribution < 1.29 is 9.59 Å². The maximum absolute atomic E-state index is 12.6. The van der Waals surface area contributed by atoms with Crippen molar-refractivity contribution >= 4 is 52.2 Å². The highest BCUT2D eigenvalue weighted by Crippen LogP contribution is 2.33. The number of hydrogen-bond acceptors (Lipinski definition) is 4. The van der Waals surface area contributed by atoms with Gasteiger partial charge in [0.1, 0.15) is 0 Å². The maximum atomic E-state index is 12.6. The Bertz CT molecular complexity index is 1220. The second kappa shape index (κ2) is 16.1. The monoisotopic (exact) mass is 583 g/mol. The van der Waals surface area contributed by atoms with Crippen molar-refractivity contribution in [1.29, 1.82) is 0 Å². The van der Waals surface area contributed by atoms with Crippen LogP contribution in [0.2, 0.25) is 10.0 Å². The quantitative estimate of drug-likeness (QED) is 0.161. The third-order valence-corrected chi connectivity index (χ3v) is 7.22. The molecule has 3 aromatic carbocycles. The molecule has 0 aliphatic rings. The van der Waals surface area contributed by atoms with Gasteiger partial charge >= 0.3 is 6.03 Å². The number of halogens is 2. The van der Waals surface area contributed by atoms with Crippen LogP contribution >= 0.6 is 23.2 Å². The lowest BCUT2D eigenvalue weighted by atomic mass is 10.1. The molecule has 1 unspecified atom stereocenters. The topological polar surface area (TPSA) is 85.5 Å². The van der Waals surface area contributed by atoms with E-state index < -0.39 is 0 Å². The number of carbonyl (C=O) groups is 2. The zero-order valence-corrected chi connectivity index (χ0v) is 24.9. The van der Waals surface area contributed by atoms with Crippen LogP contribution in [0.4, 0.5) is 21.9 Å². The van der Waals surface area contributed by atoms with Crippen LogP contribution in [0, 0.1) is 0 Å². The van der Waals surface area contributed by atoms with Crippen molar-refractivity contribution in [2.75, 3.05) is 42.2 Å². The van der Waals surface area contributed by atoms with E-state index in [9.17, 15) is 9.59 Å². The van der Waals surface area contributed by atoms with Gasteiger partial charge in [-0.05, 0) is 80.8 Å². The molecule has 3 amide bonds. The van der Waals surface area contributed by atoms with Gasteiger partial charge in [0.25, 0.3) is 0 Å². The molecule has 0 heterocycles. The molecule has 0 saturated heterocycles. The summed E-state index contributed by atoms with van der Waals surface area (Å²) in [5, 5.41) is 12.5. The first-order chi connectivity index (χ1) is 19.3. The molecule has 1 atom stereocenters. The largest absolute Gasteiger partial charge is 0.370 e. The van der Waals surface area contributed by atoms with E-state index in [0.29, 0.717) is 35.2 Å². The minimum atomic E-state index is -0.375. The van der Waals surface area contributed by atoms with E-state index in [1.165, 1.54) is 5.56 Å². The molecule has 0 aromatic heterocycles. The highest BCUT2D eigenvalue weighted by molar-refractivity contribution is 6.39. The molecule has 0 radical (unpaired) electrons. The Morgan fingerprint density at radius 2 is 1.60 bits per heavy atom. The van der Waals surface area contributed by atoms with Crippen molar-refractivity contribution in [3.05, 3.63) is 87.9 Å². The van der Waals surface area contributed by atoms with E-state index in [0.717, 1.165) is 42.7 Å². The van der Waals surface area contributed by atoms with Gasteiger partial charge in [0.05, 0.1) is 15.7 Å². The number of anilines is 3. The predicted octanol–water partition coefficient (Wildman–Crippen LogP) is 7.27. The normalized spacial score (nSPS) is 11.5. The standard InChI is InChI=1S/C31H39Cl2N5O2/c1-4-18-38(19-17-35-31(40)37-30-27(32)20-24(21-28(30)33)22(2)34-3)26-15-13-25(14-16-26)36-29(39)12-8-11-23-9-6-5-7-10-23/h5-7,9-10,13-16,20-22,34H,4,8,11-12,17-19H2,1-3H3,(H,36,39)(H2,35,37,40). The van der Waals surface area contributed by atoms with Gasteiger partial charge in [-0.1, -0.05) is 60.5 Å². The molecule has 40 heavy (non-hydrogen) atoms. The molecule has 9 heteroatoms. The fourth-order valence-corrected chi connectivity index (χ4v) is 4.91. The summed E-state index contributed by atoms with van der Waals surface area (Å²) in [5.74, 6) is 0.00990. The average Bonchev–Trinajstić information content (AvgIpc) is 2.95. The first-order valence-electron chi connectivity index (χ1n) is 13.7. The molecule has 0 fully saturated rings. The highest BCUT2D eigenvalue weighted by Gasteiger charge is 2.14. The van der Waals surface area contributed by atoms with Crippen LogP contribution in [-0.4, -0.2) is 38.6 Å². The number of nitrogens with one attached hydrogen (secondary N) is 4. The number of urea groups is 1. The molecular weight excluding hydrogens is 545 g/mol. The lowest BCUT2D eigenvalue weighted by Gasteiger charge is -2.25. The van der Waals surface area contributed by atoms with Gasteiger partial charge in [0.2, 0.25) is 5.91 Å².